The molecule has 0 fully saturated rings. The van der Waals surface area contributed by atoms with Gasteiger partial charge in [-0.25, -0.2) is 13.2 Å². The molecule has 0 atom stereocenters. The first-order valence-electron chi connectivity index (χ1n) is 5.93. The molecular weight excluding hydrogens is 358 g/mol. The third-order valence-electron chi connectivity index (χ3n) is 2.86. The highest BCUT2D eigenvalue weighted by Crippen LogP contribution is 2.29. The monoisotopic (exact) mass is 369 g/mol. The average Bonchev–Trinajstić information content (AvgIpc) is 2.41. The minimum atomic E-state index is -3.87. The highest BCUT2D eigenvalue weighted by atomic mass is 79.9. The number of rotatable bonds is 4. The van der Waals surface area contributed by atoms with Crippen LogP contribution in [0.25, 0.3) is 0 Å². The number of carboxylic acids is 1. The highest BCUT2D eigenvalue weighted by molar-refractivity contribution is 9.10. The van der Waals surface area contributed by atoms with Crippen molar-refractivity contribution in [3.8, 4) is 0 Å². The molecule has 2 aromatic carbocycles. The van der Waals surface area contributed by atoms with Crippen LogP contribution in [0.2, 0.25) is 0 Å². The number of hydrogen-bond acceptors (Lipinski definition) is 3. The fourth-order valence-electron chi connectivity index (χ4n) is 1.85. The lowest BCUT2D eigenvalue weighted by Crippen LogP contribution is -2.17. The zero-order valence-corrected chi connectivity index (χ0v) is 13.4. The summed E-state index contributed by atoms with van der Waals surface area (Å²) in [6.07, 6.45) is 0. The Bertz CT molecular complexity index is 802. The number of aromatic carboxylic acids is 1. The number of para-hydroxylation sites is 1. The standard InChI is InChI=1S/C14H12BrNO4S/c1-9-5-2-3-8-12(9)21(19,20)16-13-10(14(17)18)6-4-7-11(13)15/h2-8,16H,1H3,(H,17,18). The van der Waals surface area contributed by atoms with Crippen molar-refractivity contribution in [2.75, 3.05) is 4.72 Å². The van der Waals surface area contributed by atoms with E-state index in [2.05, 4.69) is 20.7 Å². The highest BCUT2D eigenvalue weighted by Gasteiger charge is 2.21. The smallest absolute Gasteiger partial charge is 0.337 e. The van der Waals surface area contributed by atoms with Crippen LogP contribution in [0.1, 0.15) is 15.9 Å². The molecule has 0 aliphatic rings. The van der Waals surface area contributed by atoms with E-state index < -0.39 is 16.0 Å². The Labute approximate surface area is 130 Å². The van der Waals surface area contributed by atoms with Crippen LogP contribution in [-0.4, -0.2) is 19.5 Å². The number of aryl methyl sites for hydroxylation is 1. The van der Waals surface area contributed by atoms with Crippen molar-refractivity contribution in [2.45, 2.75) is 11.8 Å². The summed E-state index contributed by atoms with van der Waals surface area (Å²) in [5, 5.41) is 9.16. The summed E-state index contributed by atoms with van der Waals surface area (Å²) in [6, 6.07) is 10.9. The van der Waals surface area contributed by atoms with Gasteiger partial charge in [-0.05, 0) is 46.6 Å². The maximum atomic E-state index is 12.4. The van der Waals surface area contributed by atoms with E-state index in [1.807, 2.05) is 0 Å². The first-order valence-corrected chi connectivity index (χ1v) is 8.21. The molecule has 0 amide bonds. The van der Waals surface area contributed by atoms with Gasteiger partial charge in [-0.1, -0.05) is 24.3 Å². The van der Waals surface area contributed by atoms with Crippen molar-refractivity contribution in [1.29, 1.82) is 0 Å². The molecule has 5 nitrogen and oxygen atoms in total. The van der Waals surface area contributed by atoms with Crippen molar-refractivity contribution in [2.24, 2.45) is 0 Å². The second kappa shape index (κ2) is 5.87. The number of carboxylic acid groups (broad SMARTS) is 1. The lowest BCUT2D eigenvalue weighted by molar-refractivity contribution is 0.0698. The molecule has 0 radical (unpaired) electrons. The predicted octanol–water partition coefficient (Wildman–Crippen LogP) is 3.26. The molecule has 0 saturated heterocycles. The summed E-state index contributed by atoms with van der Waals surface area (Å²) in [4.78, 5) is 11.3. The van der Waals surface area contributed by atoms with E-state index in [1.54, 1.807) is 31.2 Å². The summed E-state index contributed by atoms with van der Waals surface area (Å²) < 4.78 is 27.5. The normalized spacial score (nSPS) is 11.1. The summed E-state index contributed by atoms with van der Waals surface area (Å²) in [6.45, 7) is 1.67. The molecule has 21 heavy (non-hydrogen) atoms. The average molecular weight is 370 g/mol. The molecule has 0 aliphatic carbocycles. The van der Waals surface area contributed by atoms with E-state index in [1.165, 1.54) is 18.2 Å². The first-order chi connectivity index (χ1) is 9.83. The van der Waals surface area contributed by atoms with Crippen LogP contribution in [0, 0.1) is 6.92 Å². The molecule has 0 bridgehead atoms. The lowest BCUT2D eigenvalue weighted by Gasteiger charge is -2.13. The van der Waals surface area contributed by atoms with Crippen LogP contribution < -0.4 is 4.72 Å². The topological polar surface area (TPSA) is 83.5 Å². The number of sulfonamides is 1. The summed E-state index contributed by atoms with van der Waals surface area (Å²) in [5.41, 5.74) is 0.462. The molecule has 7 heteroatoms. The van der Waals surface area contributed by atoms with Crippen LogP contribution in [0.5, 0.6) is 0 Å². The van der Waals surface area contributed by atoms with Crippen LogP contribution in [0.4, 0.5) is 5.69 Å². The fourth-order valence-corrected chi connectivity index (χ4v) is 3.80. The van der Waals surface area contributed by atoms with Crippen LogP contribution in [-0.2, 0) is 10.0 Å². The zero-order chi connectivity index (χ0) is 15.6. The molecule has 0 aromatic heterocycles. The second-order valence-corrected chi connectivity index (χ2v) is 6.84. The van der Waals surface area contributed by atoms with E-state index in [4.69, 9.17) is 5.11 Å². The lowest BCUT2D eigenvalue weighted by atomic mass is 10.2. The minimum Gasteiger partial charge on any atom is -0.478 e. The molecule has 0 saturated carbocycles. The van der Waals surface area contributed by atoms with Gasteiger partial charge >= 0.3 is 5.97 Å². The van der Waals surface area contributed by atoms with Gasteiger partial charge in [-0.15, -0.1) is 0 Å². The zero-order valence-electron chi connectivity index (χ0n) is 11.0. The van der Waals surface area contributed by atoms with Gasteiger partial charge in [0.1, 0.15) is 0 Å². The van der Waals surface area contributed by atoms with Gasteiger partial charge in [-0.2, -0.15) is 0 Å². The van der Waals surface area contributed by atoms with Crippen molar-refractivity contribution in [1.82, 2.24) is 0 Å². The van der Waals surface area contributed by atoms with Crippen LogP contribution in [0.15, 0.2) is 51.8 Å². The van der Waals surface area contributed by atoms with Gasteiger partial charge in [0.05, 0.1) is 16.1 Å². The van der Waals surface area contributed by atoms with E-state index in [9.17, 15) is 13.2 Å². The van der Waals surface area contributed by atoms with Gasteiger partial charge in [0.15, 0.2) is 0 Å². The Balaban J connectivity index is 2.52. The fraction of sp³-hybridized carbons (Fsp3) is 0.0714. The molecule has 110 valence electrons. The number of halogens is 1. The van der Waals surface area contributed by atoms with Gasteiger partial charge in [-0.3, -0.25) is 4.72 Å². The Morgan fingerprint density at radius 2 is 1.81 bits per heavy atom. The minimum absolute atomic E-state index is 0.00764. The van der Waals surface area contributed by atoms with Gasteiger partial charge in [0.25, 0.3) is 10.0 Å². The molecule has 2 N–H and O–H groups in total. The Morgan fingerprint density at radius 1 is 1.14 bits per heavy atom. The Hall–Kier alpha value is -1.86. The molecule has 0 unspecified atom stereocenters. The van der Waals surface area contributed by atoms with E-state index in [0.717, 1.165) is 0 Å². The van der Waals surface area contributed by atoms with Crippen molar-refractivity contribution >= 4 is 37.6 Å². The summed E-state index contributed by atoms with van der Waals surface area (Å²) in [5.74, 6) is -1.21. The quantitative estimate of drug-likeness (QED) is 0.866. The Kier molecular flexibility index (Phi) is 4.34. The van der Waals surface area contributed by atoms with Crippen molar-refractivity contribution in [3.05, 3.63) is 58.1 Å². The summed E-state index contributed by atoms with van der Waals surface area (Å²) >= 11 is 3.17. The van der Waals surface area contributed by atoms with Gasteiger partial charge in [0, 0.05) is 4.47 Å². The predicted molar refractivity (Wildman–Crippen MR) is 83.1 cm³/mol. The van der Waals surface area contributed by atoms with Gasteiger partial charge in [0.2, 0.25) is 0 Å². The van der Waals surface area contributed by atoms with Gasteiger partial charge < -0.3 is 5.11 Å². The Morgan fingerprint density at radius 3 is 2.43 bits per heavy atom. The number of nitrogens with one attached hydrogen (secondary N) is 1. The maximum Gasteiger partial charge on any atom is 0.337 e. The maximum absolute atomic E-state index is 12.4. The molecule has 2 aromatic rings. The molecule has 0 heterocycles. The largest absolute Gasteiger partial charge is 0.478 e. The van der Waals surface area contributed by atoms with Crippen LogP contribution >= 0.6 is 15.9 Å². The molecular formula is C14H12BrNO4S. The molecule has 2 rings (SSSR count). The number of anilines is 1. The molecule has 0 spiro atoms. The number of carbonyl (C=O) groups is 1. The number of hydrogen-bond donors (Lipinski definition) is 2. The van der Waals surface area contributed by atoms with E-state index in [-0.39, 0.29) is 16.1 Å². The SMILES string of the molecule is Cc1ccccc1S(=O)(=O)Nc1c(Br)cccc1C(=O)O. The van der Waals surface area contributed by atoms with Crippen LogP contribution in [0.3, 0.4) is 0 Å². The van der Waals surface area contributed by atoms with Crippen molar-refractivity contribution < 1.29 is 18.3 Å². The second-order valence-electron chi connectivity index (χ2n) is 4.34. The first kappa shape index (κ1) is 15.5. The van der Waals surface area contributed by atoms with E-state index in [0.29, 0.717) is 10.0 Å². The third-order valence-corrected chi connectivity index (χ3v) is 5.03. The summed E-state index contributed by atoms with van der Waals surface area (Å²) in [7, 11) is -3.87. The van der Waals surface area contributed by atoms with Crippen molar-refractivity contribution in [3.63, 3.8) is 0 Å². The third kappa shape index (κ3) is 3.25. The van der Waals surface area contributed by atoms with E-state index >= 15 is 0 Å². The molecule has 0 aliphatic heterocycles. The number of benzene rings is 2.